The summed E-state index contributed by atoms with van der Waals surface area (Å²) in [7, 11) is 0. The number of hydrogen-bond donors (Lipinski definition) is 1. The predicted octanol–water partition coefficient (Wildman–Crippen LogP) is 3.90. The van der Waals surface area contributed by atoms with E-state index in [4.69, 9.17) is 0 Å². The van der Waals surface area contributed by atoms with E-state index in [0.29, 0.717) is 6.54 Å². The highest BCUT2D eigenvalue weighted by atomic mass is 19.1. The van der Waals surface area contributed by atoms with Crippen LogP contribution in [-0.2, 0) is 6.54 Å². The molecule has 0 saturated carbocycles. The van der Waals surface area contributed by atoms with Crippen molar-refractivity contribution in [2.75, 3.05) is 5.32 Å². The number of nitrogens with one attached hydrogen (secondary N) is 1. The highest BCUT2D eigenvalue weighted by molar-refractivity contribution is 6.04. The molecule has 1 aromatic heterocycles. The minimum atomic E-state index is -0.629. The zero-order chi connectivity index (χ0) is 18.7. The molecule has 0 unspecified atom stereocenters. The van der Waals surface area contributed by atoms with Crippen molar-refractivity contribution in [3.8, 4) is 0 Å². The second-order valence-corrected chi connectivity index (χ2v) is 6.22. The topological polar surface area (TPSA) is 51.1 Å². The van der Waals surface area contributed by atoms with Crippen molar-refractivity contribution in [3.05, 3.63) is 99.2 Å². The molecule has 26 heavy (non-hydrogen) atoms. The van der Waals surface area contributed by atoms with Crippen LogP contribution in [0.5, 0.6) is 0 Å². The van der Waals surface area contributed by atoms with Crippen LogP contribution in [0, 0.1) is 19.7 Å². The zero-order valence-electron chi connectivity index (χ0n) is 14.6. The molecule has 0 fully saturated rings. The van der Waals surface area contributed by atoms with Crippen LogP contribution in [0.4, 0.5) is 10.1 Å². The highest BCUT2D eigenvalue weighted by Crippen LogP contribution is 2.14. The van der Waals surface area contributed by atoms with Gasteiger partial charge in [-0.15, -0.1) is 0 Å². The summed E-state index contributed by atoms with van der Waals surface area (Å²) in [5, 5.41) is 2.45. The number of pyridine rings is 1. The smallest absolute Gasteiger partial charge is 0.263 e. The van der Waals surface area contributed by atoms with Crippen LogP contribution in [0.25, 0.3) is 0 Å². The molecule has 0 bridgehead atoms. The summed E-state index contributed by atoms with van der Waals surface area (Å²) in [6.45, 7) is 4.34. The van der Waals surface area contributed by atoms with Gasteiger partial charge >= 0.3 is 0 Å². The standard InChI is InChI=1S/C21H19FN2O2/c1-14-9-10-15(2)16(12-14)13-24-11-5-6-17(21(24)26)20(25)23-19-8-4-3-7-18(19)22/h3-12H,13H2,1-2H3,(H,23,25). The van der Waals surface area contributed by atoms with Crippen molar-refractivity contribution in [3.63, 3.8) is 0 Å². The number of rotatable bonds is 4. The summed E-state index contributed by atoms with van der Waals surface area (Å²) in [4.78, 5) is 25.1. The Kier molecular flexibility index (Phi) is 4.98. The maximum absolute atomic E-state index is 13.7. The third-order valence-electron chi connectivity index (χ3n) is 4.23. The molecular formula is C21H19FN2O2. The molecule has 1 heterocycles. The van der Waals surface area contributed by atoms with Gasteiger partial charge < -0.3 is 9.88 Å². The van der Waals surface area contributed by atoms with Crippen LogP contribution in [0.3, 0.4) is 0 Å². The Morgan fingerprint density at radius 2 is 1.85 bits per heavy atom. The molecule has 4 nitrogen and oxygen atoms in total. The van der Waals surface area contributed by atoms with Crippen LogP contribution in [-0.4, -0.2) is 10.5 Å². The molecule has 1 N–H and O–H groups in total. The fourth-order valence-corrected chi connectivity index (χ4v) is 2.74. The lowest BCUT2D eigenvalue weighted by molar-refractivity contribution is 0.102. The summed E-state index contributed by atoms with van der Waals surface area (Å²) in [5.74, 6) is -1.18. The SMILES string of the molecule is Cc1ccc(C)c(Cn2cccc(C(=O)Nc3ccccc3F)c2=O)c1. The Morgan fingerprint density at radius 1 is 1.08 bits per heavy atom. The molecule has 0 spiro atoms. The Hall–Kier alpha value is -3.21. The van der Waals surface area contributed by atoms with Gasteiger partial charge in [-0.3, -0.25) is 9.59 Å². The molecule has 132 valence electrons. The van der Waals surface area contributed by atoms with E-state index in [1.54, 1.807) is 18.3 Å². The van der Waals surface area contributed by atoms with Crippen molar-refractivity contribution in [1.29, 1.82) is 0 Å². The maximum Gasteiger partial charge on any atom is 0.263 e. The van der Waals surface area contributed by atoms with Crippen LogP contribution >= 0.6 is 0 Å². The van der Waals surface area contributed by atoms with Gasteiger partial charge in [-0.2, -0.15) is 0 Å². The largest absolute Gasteiger partial charge is 0.319 e. The molecule has 2 aromatic carbocycles. The van der Waals surface area contributed by atoms with Crippen molar-refractivity contribution >= 4 is 11.6 Å². The first-order chi connectivity index (χ1) is 12.5. The number of carbonyl (C=O) groups excluding carboxylic acids is 1. The van der Waals surface area contributed by atoms with Crippen LogP contribution in [0.1, 0.15) is 27.0 Å². The molecule has 3 rings (SSSR count). The Labute approximate surface area is 150 Å². The lowest BCUT2D eigenvalue weighted by atomic mass is 10.1. The number of amides is 1. The van der Waals surface area contributed by atoms with Gasteiger partial charge in [0.1, 0.15) is 11.4 Å². The number of nitrogens with zero attached hydrogens (tertiary/aromatic N) is 1. The molecule has 5 heteroatoms. The predicted molar refractivity (Wildman–Crippen MR) is 100 cm³/mol. The van der Waals surface area contributed by atoms with E-state index in [1.165, 1.54) is 28.8 Å². The van der Waals surface area contributed by atoms with Crippen molar-refractivity contribution in [1.82, 2.24) is 4.57 Å². The van der Waals surface area contributed by atoms with E-state index >= 15 is 0 Å². The fourth-order valence-electron chi connectivity index (χ4n) is 2.74. The number of anilines is 1. The molecule has 0 saturated heterocycles. The van der Waals surface area contributed by atoms with Crippen LogP contribution in [0.2, 0.25) is 0 Å². The number of hydrogen-bond acceptors (Lipinski definition) is 2. The number of benzene rings is 2. The Balaban J connectivity index is 1.90. The van der Waals surface area contributed by atoms with E-state index in [1.807, 2.05) is 32.0 Å². The first-order valence-electron chi connectivity index (χ1n) is 8.27. The van der Waals surface area contributed by atoms with E-state index in [9.17, 15) is 14.0 Å². The quantitative estimate of drug-likeness (QED) is 0.776. The summed E-state index contributed by atoms with van der Waals surface area (Å²) in [6, 6.07) is 15.0. The normalized spacial score (nSPS) is 10.6. The molecule has 3 aromatic rings. The average Bonchev–Trinajstić information content (AvgIpc) is 2.62. The molecule has 0 radical (unpaired) electrons. The van der Waals surface area contributed by atoms with E-state index in [-0.39, 0.29) is 11.3 Å². The van der Waals surface area contributed by atoms with Gasteiger partial charge in [-0.05, 0) is 49.2 Å². The van der Waals surface area contributed by atoms with Gasteiger partial charge in [-0.25, -0.2) is 4.39 Å². The van der Waals surface area contributed by atoms with Crippen molar-refractivity contribution < 1.29 is 9.18 Å². The van der Waals surface area contributed by atoms with Gasteiger partial charge in [-0.1, -0.05) is 35.9 Å². The Morgan fingerprint density at radius 3 is 2.62 bits per heavy atom. The van der Waals surface area contributed by atoms with Gasteiger partial charge in [0.05, 0.1) is 12.2 Å². The number of para-hydroxylation sites is 1. The van der Waals surface area contributed by atoms with Crippen LogP contribution in [0.15, 0.2) is 65.6 Å². The molecule has 1 amide bonds. The first-order valence-corrected chi connectivity index (χ1v) is 8.27. The van der Waals surface area contributed by atoms with Gasteiger partial charge in [0, 0.05) is 6.20 Å². The lowest BCUT2D eigenvalue weighted by Crippen LogP contribution is -2.29. The molecule has 0 atom stereocenters. The minimum absolute atomic E-state index is 0.0268. The number of aromatic nitrogens is 1. The average molecular weight is 350 g/mol. The highest BCUT2D eigenvalue weighted by Gasteiger charge is 2.14. The van der Waals surface area contributed by atoms with Crippen molar-refractivity contribution in [2.45, 2.75) is 20.4 Å². The number of carbonyl (C=O) groups is 1. The van der Waals surface area contributed by atoms with E-state index in [0.717, 1.165) is 16.7 Å². The monoisotopic (exact) mass is 350 g/mol. The lowest BCUT2D eigenvalue weighted by Gasteiger charge is -2.11. The fraction of sp³-hybridized carbons (Fsp3) is 0.143. The zero-order valence-corrected chi connectivity index (χ0v) is 14.6. The number of halogens is 1. The molecule has 0 aliphatic carbocycles. The van der Waals surface area contributed by atoms with Crippen molar-refractivity contribution in [2.24, 2.45) is 0 Å². The summed E-state index contributed by atoms with van der Waals surface area (Å²) >= 11 is 0. The second kappa shape index (κ2) is 7.35. The second-order valence-electron chi connectivity index (χ2n) is 6.22. The summed E-state index contributed by atoms with van der Waals surface area (Å²) in [5.41, 5.74) is 2.79. The van der Waals surface area contributed by atoms with Gasteiger partial charge in [0.2, 0.25) is 0 Å². The minimum Gasteiger partial charge on any atom is -0.319 e. The van der Waals surface area contributed by atoms with Gasteiger partial charge in [0.15, 0.2) is 0 Å². The molecule has 0 aliphatic heterocycles. The maximum atomic E-state index is 13.7. The third-order valence-corrected chi connectivity index (χ3v) is 4.23. The van der Waals surface area contributed by atoms with E-state index in [2.05, 4.69) is 5.32 Å². The summed E-state index contributed by atoms with van der Waals surface area (Å²) in [6.07, 6.45) is 1.64. The molecular weight excluding hydrogens is 331 g/mol. The summed E-state index contributed by atoms with van der Waals surface area (Å²) < 4.78 is 15.2. The first kappa shape index (κ1) is 17.6. The van der Waals surface area contributed by atoms with Crippen LogP contribution < -0.4 is 10.9 Å². The van der Waals surface area contributed by atoms with E-state index < -0.39 is 17.3 Å². The number of aryl methyl sites for hydroxylation is 2. The Bertz CT molecular complexity index is 1020. The third kappa shape index (κ3) is 3.72. The molecule has 0 aliphatic rings. The van der Waals surface area contributed by atoms with Gasteiger partial charge in [0.25, 0.3) is 11.5 Å².